The molecule has 0 fully saturated rings. The number of aromatic nitrogens is 1. The van der Waals surface area contributed by atoms with Crippen molar-refractivity contribution in [3.05, 3.63) is 53.7 Å². The molecule has 0 spiro atoms. The molecule has 82 valence electrons. The van der Waals surface area contributed by atoms with Gasteiger partial charge in [-0.25, -0.2) is 4.98 Å². The lowest BCUT2D eigenvalue weighted by Crippen LogP contribution is -1.92. The lowest BCUT2D eigenvalue weighted by atomic mass is 10.2. The zero-order valence-electron chi connectivity index (χ0n) is 8.98. The predicted molar refractivity (Wildman–Crippen MR) is 68.1 cm³/mol. The van der Waals surface area contributed by atoms with Gasteiger partial charge in [0.25, 0.3) is 0 Å². The third-order valence-electron chi connectivity index (χ3n) is 2.23. The highest BCUT2D eigenvalue weighted by Crippen LogP contribution is 2.24. The second kappa shape index (κ2) is 5.12. The van der Waals surface area contributed by atoms with Crippen LogP contribution in [0.3, 0.4) is 0 Å². The van der Waals surface area contributed by atoms with Gasteiger partial charge in [0.05, 0.1) is 0 Å². The first-order chi connectivity index (χ1) is 7.79. The fourth-order valence-electron chi connectivity index (χ4n) is 1.34. The van der Waals surface area contributed by atoms with E-state index in [9.17, 15) is 0 Å². The van der Waals surface area contributed by atoms with E-state index >= 15 is 0 Å². The van der Waals surface area contributed by atoms with Crippen LogP contribution in [0.25, 0.3) is 0 Å². The summed E-state index contributed by atoms with van der Waals surface area (Å²) in [6.45, 7) is 2.05. The highest BCUT2D eigenvalue weighted by Gasteiger charge is 2.04. The number of benzene rings is 1. The first-order valence-corrected chi connectivity index (χ1v) is 6.16. The SMILES string of the molecule is Cc1ccc(Oc2ncccc2CBr)cc1. The maximum atomic E-state index is 5.71. The van der Waals surface area contributed by atoms with E-state index in [-0.39, 0.29) is 0 Å². The van der Waals surface area contributed by atoms with Crippen LogP contribution in [0, 0.1) is 6.92 Å². The molecule has 2 aromatic rings. The third-order valence-corrected chi connectivity index (χ3v) is 2.83. The number of aryl methyl sites for hydroxylation is 1. The van der Waals surface area contributed by atoms with Gasteiger partial charge in [-0.2, -0.15) is 0 Å². The molecular weight excluding hydrogens is 266 g/mol. The molecule has 1 aromatic heterocycles. The van der Waals surface area contributed by atoms with Crippen LogP contribution in [0.4, 0.5) is 0 Å². The summed E-state index contributed by atoms with van der Waals surface area (Å²) in [6, 6.07) is 11.8. The second-order valence-electron chi connectivity index (χ2n) is 3.52. The highest BCUT2D eigenvalue weighted by atomic mass is 79.9. The fraction of sp³-hybridized carbons (Fsp3) is 0.154. The number of hydrogen-bond acceptors (Lipinski definition) is 2. The van der Waals surface area contributed by atoms with Crippen LogP contribution >= 0.6 is 15.9 Å². The van der Waals surface area contributed by atoms with Crippen molar-refractivity contribution in [3.63, 3.8) is 0 Å². The van der Waals surface area contributed by atoms with E-state index in [4.69, 9.17) is 4.74 Å². The summed E-state index contributed by atoms with van der Waals surface area (Å²) in [6.07, 6.45) is 1.73. The molecule has 16 heavy (non-hydrogen) atoms. The molecule has 2 nitrogen and oxygen atoms in total. The molecule has 0 aliphatic carbocycles. The number of alkyl halides is 1. The van der Waals surface area contributed by atoms with Gasteiger partial charge in [0.15, 0.2) is 0 Å². The molecule has 0 bridgehead atoms. The summed E-state index contributed by atoms with van der Waals surface area (Å²) >= 11 is 3.41. The van der Waals surface area contributed by atoms with Crippen molar-refractivity contribution in [2.75, 3.05) is 0 Å². The molecule has 0 amide bonds. The standard InChI is InChI=1S/C13H12BrNO/c1-10-4-6-12(7-5-10)16-13-11(9-14)3-2-8-15-13/h2-8H,9H2,1H3. The number of nitrogens with zero attached hydrogens (tertiary/aromatic N) is 1. The Balaban J connectivity index is 2.23. The van der Waals surface area contributed by atoms with Crippen molar-refractivity contribution in [3.8, 4) is 11.6 Å². The zero-order chi connectivity index (χ0) is 11.4. The minimum absolute atomic E-state index is 0.656. The van der Waals surface area contributed by atoms with Gasteiger partial charge in [-0.1, -0.05) is 39.7 Å². The summed E-state index contributed by atoms with van der Waals surface area (Å²) in [5.41, 5.74) is 2.26. The molecule has 2 rings (SSSR count). The van der Waals surface area contributed by atoms with Gasteiger partial charge in [0.2, 0.25) is 5.88 Å². The molecule has 0 atom stereocenters. The van der Waals surface area contributed by atoms with E-state index in [0.717, 1.165) is 16.6 Å². The predicted octanol–water partition coefficient (Wildman–Crippen LogP) is 4.08. The van der Waals surface area contributed by atoms with E-state index < -0.39 is 0 Å². The number of ether oxygens (including phenoxy) is 1. The van der Waals surface area contributed by atoms with Crippen molar-refractivity contribution < 1.29 is 4.74 Å². The van der Waals surface area contributed by atoms with E-state index in [1.807, 2.05) is 36.4 Å². The maximum Gasteiger partial charge on any atom is 0.223 e. The van der Waals surface area contributed by atoms with Crippen molar-refractivity contribution >= 4 is 15.9 Å². The van der Waals surface area contributed by atoms with Crippen LogP contribution in [-0.4, -0.2) is 4.98 Å². The molecule has 0 radical (unpaired) electrons. The van der Waals surface area contributed by atoms with Crippen molar-refractivity contribution in [1.82, 2.24) is 4.98 Å². The third kappa shape index (κ3) is 2.61. The molecule has 0 N–H and O–H groups in total. The summed E-state index contributed by atoms with van der Waals surface area (Å²) in [4.78, 5) is 4.22. The molecule has 0 saturated carbocycles. The Morgan fingerprint density at radius 2 is 1.94 bits per heavy atom. The fourth-order valence-corrected chi connectivity index (χ4v) is 1.76. The maximum absolute atomic E-state index is 5.71. The Bertz CT molecular complexity index is 468. The molecule has 1 aromatic carbocycles. The summed E-state index contributed by atoms with van der Waals surface area (Å²) in [7, 11) is 0. The number of pyridine rings is 1. The van der Waals surface area contributed by atoms with Gasteiger partial charge >= 0.3 is 0 Å². The number of rotatable bonds is 3. The molecule has 3 heteroatoms. The van der Waals surface area contributed by atoms with E-state index in [1.165, 1.54) is 5.56 Å². The molecule has 0 aliphatic heterocycles. The molecule has 1 heterocycles. The van der Waals surface area contributed by atoms with Crippen LogP contribution in [-0.2, 0) is 5.33 Å². The zero-order valence-corrected chi connectivity index (χ0v) is 10.6. The Labute approximate surface area is 103 Å². The van der Waals surface area contributed by atoms with Crippen molar-refractivity contribution in [2.24, 2.45) is 0 Å². The van der Waals surface area contributed by atoms with Crippen molar-refractivity contribution in [1.29, 1.82) is 0 Å². The topological polar surface area (TPSA) is 22.1 Å². The van der Waals surface area contributed by atoms with Gasteiger partial charge < -0.3 is 4.74 Å². The van der Waals surface area contributed by atoms with Gasteiger partial charge in [-0.15, -0.1) is 0 Å². The minimum atomic E-state index is 0.656. The largest absolute Gasteiger partial charge is 0.439 e. The van der Waals surface area contributed by atoms with Crippen LogP contribution in [0.15, 0.2) is 42.6 Å². The average molecular weight is 278 g/mol. The van der Waals surface area contributed by atoms with Crippen molar-refractivity contribution in [2.45, 2.75) is 12.3 Å². The molecule has 0 unspecified atom stereocenters. The second-order valence-corrected chi connectivity index (χ2v) is 4.08. The van der Waals surface area contributed by atoms with E-state index in [2.05, 4.69) is 27.8 Å². The Kier molecular flexibility index (Phi) is 3.57. The van der Waals surface area contributed by atoms with E-state index in [0.29, 0.717) is 5.88 Å². The average Bonchev–Trinajstić information content (AvgIpc) is 2.33. The number of hydrogen-bond donors (Lipinski definition) is 0. The minimum Gasteiger partial charge on any atom is -0.439 e. The quantitative estimate of drug-likeness (QED) is 0.789. The van der Waals surface area contributed by atoms with Crippen LogP contribution < -0.4 is 4.74 Å². The van der Waals surface area contributed by atoms with Gasteiger partial charge in [0.1, 0.15) is 5.75 Å². The van der Waals surface area contributed by atoms with Crippen LogP contribution in [0.1, 0.15) is 11.1 Å². The Hall–Kier alpha value is -1.35. The monoisotopic (exact) mass is 277 g/mol. The van der Waals surface area contributed by atoms with Crippen LogP contribution in [0.5, 0.6) is 11.6 Å². The normalized spacial score (nSPS) is 10.1. The van der Waals surface area contributed by atoms with Crippen LogP contribution in [0.2, 0.25) is 0 Å². The first-order valence-electron chi connectivity index (χ1n) is 5.04. The van der Waals surface area contributed by atoms with Gasteiger partial charge in [0, 0.05) is 17.1 Å². The van der Waals surface area contributed by atoms with E-state index in [1.54, 1.807) is 6.20 Å². The highest BCUT2D eigenvalue weighted by molar-refractivity contribution is 9.08. The first kappa shape index (κ1) is 11.1. The summed E-state index contributed by atoms with van der Waals surface area (Å²) < 4.78 is 5.71. The Morgan fingerprint density at radius 1 is 1.19 bits per heavy atom. The lowest BCUT2D eigenvalue weighted by molar-refractivity contribution is 0.458. The number of halogens is 1. The lowest BCUT2D eigenvalue weighted by Gasteiger charge is -2.07. The Morgan fingerprint density at radius 3 is 2.62 bits per heavy atom. The molecule has 0 aliphatic rings. The summed E-state index contributed by atoms with van der Waals surface area (Å²) in [5, 5.41) is 0.738. The molecule has 0 saturated heterocycles. The molecular formula is C13H12BrNO. The van der Waals surface area contributed by atoms with Gasteiger partial charge in [-0.05, 0) is 25.1 Å². The smallest absolute Gasteiger partial charge is 0.223 e. The summed E-state index contributed by atoms with van der Waals surface area (Å²) in [5.74, 6) is 1.47. The van der Waals surface area contributed by atoms with Gasteiger partial charge in [-0.3, -0.25) is 0 Å².